The van der Waals surface area contributed by atoms with E-state index in [1.54, 1.807) is 0 Å². The molecule has 342 valence electrons. The first-order valence-electron chi connectivity index (χ1n) is 24.8. The molecule has 0 aromatic carbocycles. The maximum Gasteiger partial charge on any atom is 0.306 e. The summed E-state index contributed by atoms with van der Waals surface area (Å²) in [6.45, 7) is 7.51. The topological polar surface area (TPSA) is 61.8 Å². The van der Waals surface area contributed by atoms with Crippen molar-refractivity contribution in [3.63, 3.8) is 0 Å². The van der Waals surface area contributed by atoms with Gasteiger partial charge in [0.15, 0.2) is 6.10 Å². The summed E-state index contributed by atoms with van der Waals surface area (Å²) >= 11 is 0. The van der Waals surface area contributed by atoms with Crippen LogP contribution in [0, 0.1) is 0 Å². The van der Waals surface area contributed by atoms with Crippen molar-refractivity contribution in [1.29, 1.82) is 0 Å². The molecule has 0 saturated heterocycles. The molecule has 0 bridgehead atoms. The summed E-state index contributed by atoms with van der Waals surface area (Å²) in [6, 6.07) is 0. The summed E-state index contributed by atoms with van der Waals surface area (Å²) in [7, 11) is 0. The van der Waals surface area contributed by atoms with Crippen molar-refractivity contribution in [1.82, 2.24) is 0 Å². The van der Waals surface area contributed by atoms with Crippen molar-refractivity contribution in [2.75, 3.05) is 19.8 Å². The van der Waals surface area contributed by atoms with E-state index >= 15 is 0 Å². The predicted molar refractivity (Wildman–Crippen MR) is 260 cm³/mol. The zero-order chi connectivity index (χ0) is 43.5. The summed E-state index contributed by atoms with van der Waals surface area (Å²) in [4.78, 5) is 25.3. The highest BCUT2D eigenvalue weighted by Gasteiger charge is 2.17. The largest absolute Gasteiger partial charge is 0.462 e. The van der Waals surface area contributed by atoms with Crippen LogP contribution in [0.5, 0.6) is 0 Å². The van der Waals surface area contributed by atoms with E-state index in [2.05, 4.69) is 118 Å². The van der Waals surface area contributed by atoms with Crippen LogP contribution in [0.15, 0.2) is 97.2 Å². The van der Waals surface area contributed by atoms with E-state index in [0.717, 1.165) is 116 Å². The van der Waals surface area contributed by atoms with Crippen LogP contribution in [-0.2, 0) is 23.8 Å². The Morgan fingerprint density at radius 3 is 1.20 bits per heavy atom. The molecule has 0 aromatic heterocycles. The molecule has 0 N–H and O–H groups in total. The Kier molecular flexibility index (Phi) is 47.5. The van der Waals surface area contributed by atoms with Gasteiger partial charge in [0.05, 0.1) is 6.61 Å². The van der Waals surface area contributed by atoms with E-state index in [0.29, 0.717) is 19.4 Å². The highest BCUT2D eigenvalue weighted by molar-refractivity contribution is 5.70. The number of hydrogen-bond donors (Lipinski definition) is 0. The first-order valence-corrected chi connectivity index (χ1v) is 24.8. The molecule has 0 fully saturated rings. The van der Waals surface area contributed by atoms with Crippen LogP contribution in [0.4, 0.5) is 0 Å². The fraction of sp³-hybridized carbons (Fsp3) is 0.673. The molecule has 0 saturated carbocycles. The highest BCUT2D eigenvalue weighted by Crippen LogP contribution is 2.13. The average molecular weight is 833 g/mol. The summed E-state index contributed by atoms with van der Waals surface area (Å²) < 4.78 is 17.3. The van der Waals surface area contributed by atoms with Gasteiger partial charge in [-0.2, -0.15) is 0 Å². The molecule has 0 aliphatic rings. The van der Waals surface area contributed by atoms with E-state index in [4.69, 9.17) is 14.2 Å². The number of carbonyl (C=O) groups excluding carboxylic acids is 2. The molecule has 5 nitrogen and oxygen atoms in total. The molecule has 0 rings (SSSR count). The van der Waals surface area contributed by atoms with E-state index in [9.17, 15) is 9.59 Å². The van der Waals surface area contributed by atoms with Crippen molar-refractivity contribution in [2.45, 2.75) is 219 Å². The lowest BCUT2D eigenvalue weighted by Gasteiger charge is -2.18. The van der Waals surface area contributed by atoms with Gasteiger partial charge in [0.25, 0.3) is 0 Å². The van der Waals surface area contributed by atoms with Gasteiger partial charge in [-0.25, -0.2) is 0 Å². The minimum atomic E-state index is -0.558. The van der Waals surface area contributed by atoms with Crippen molar-refractivity contribution in [2.24, 2.45) is 0 Å². The van der Waals surface area contributed by atoms with Gasteiger partial charge in [-0.1, -0.05) is 201 Å². The molecule has 0 amide bonds. The second kappa shape index (κ2) is 50.2. The molecule has 60 heavy (non-hydrogen) atoms. The maximum absolute atomic E-state index is 12.7. The van der Waals surface area contributed by atoms with Gasteiger partial charge >= 0.3 is 11.9 Å². The molecule has 0 aliphatic carbocycles. The minimum absolute atomic E-state index is 0.0610. The molecule has 1 atom stereocenters. The van der Waals surface area contributed by atoms with E-state index in [-0.39, 0.29) is 25.2 Å². The summed E-state index contributed by atoms with van der Waals surface area (Å²) in [6.07, 6.45) is 67.0. The fourth-order valence-electron chi connectivity index (χ4n) is 6.49. The Bertz CT molecular complexity index is 1170. The lowest BCUT2D eigenvalue weighted by molar-refractivity contribution is -0.163. The van der Waals surface area contributed by atoms with Gasteiger partial charge < -0.3 is 14.2 Å². The van der Waals surface area contributed by atoms with Crippen molar-refractivity contribution >= 4 is 11.9 Å². The maximum atomic E-state index is 12.7. The Morgan fingerprint density at radius 1 is 0.383 bits per heavy atom. The van der Waals surface area contributed by atoms with Gasteiger partial charge in [-0.3, -0.25) is 9.59 Å². The Morgan fingerprint density at radius 2 is 0.750 bits per heavy atom. The van der Waals surface area contributed by atoms with Crippen molar-refractivity contribution in [3.8, 4) is 0 Å². The quantitative estimate of drug-likeness (QED) is 0.0348. The number of unbranched alkanes of at least 4 members (excludes halogenated alkanes) is 17. The molecular weight excluding hydrogens is 741 g/mol. The van der Waals surface area contributed by atoms with Crippen molar-refractivity contribution in [3.05, 3.63) is 97.2 Å². The molecule has 0 aromatic rings. The number of esters is 2. The van der Waals surface area contributed by atoms with Crippen LogP contribution in [-0.4, -0.2) is 37.9 Å². The minimum Gasteiger partial charge on any atom is -0.462 e. The van der Waals surface area contributed by atoms with Gasteiger partial charge in [-0.05, 0) is 96.3 Å². The van der Waals surface area contributed by atoms with Crippen LogP contribution >= 0.6 is 0 Å². The van der Waals surface area contributed by atoms with Crippen LogP contribution in [0.1, 0.15) is 213 Å². The van der Waals surface area contributed by atoms with Gasteiger partial charge in [0.1, 0.15) is 6.61 Å². The van der Waals surface area contributed by atoms with Gasteiger partial charge in [-0.15, -0.1) is 0 Å². The molecular formula is C55H92O5. The highest BCUT2D eigenvalue weighted by atomic mass is 16.6. The van der Waals surface area contributed by atoms with Gasteiger partial charge in [0.2, 0.25) is 0 Å². The number of rotatable bonds is 44. The first-order chi connectivity index (χ1) is 29.6. The average Bonchev–Trinajstić information content (AvgIpc) is 3.25. The summed E-state index contributed by atoms with van der Waals surface area (Å²) in [5, 5.41) is 0. The zero-order valence-corrected chi connectivity index (χ0v) is 39.2. The first kappa shape index (κ1) is 56.8. The molecule has 1 unspecified atom stereocenters. The fourth-order valence-corrected chi connectivity index (χ4v) is 6.49. The van der Waals surface area contributed by atoms with Crippen LogP contribution in [0.25, 0.3) is 0 Å². The molecule has 0 radical (unpaired) electrons. The molecule has 0 aliphatic heterocycles. The lowest BCUT2D eigenvalue weighted by atomic mass is 10.1. The number of hydrogen-bond acceptors (Lipinski definition) is 5. The van der Waals surface area contributed by atoms with Gasteiger partial charge in [0, 0.05) is 19.4 Å². The third-order valence-electron chi connectivity index (χ3n) is 10.1. The lowest BCUT2D eigenvalue weighted by Crippen LogP contribution is -2.30. The van der Waals surface area contributed by atoms with Crippen LogP contribution < -0.4 is 0 Å². The number of ether oxygens (including phenoxy) is 3. The number of allylic oxidation sites excluding steroid dienone is 16. The Labute approximate surface area is 371 Å². The zero-order valence-electron chi connectivity index (χ0n) is 39.2. The normalized spacial score (nSPS) is 13.1. The van der Waals surface area contributed by atoms with Crippen LogP contribution in [0.2, 0.25) is 0 Å². The molecule has 0 heterocycles. The summed E-state index contributed by atoms with van der Waals surface area (Å²) in [5.41, 5.74) is 0. The molecule has 0 spiro atoms. The SMILES string of the molecule is CC/C=C\C/C=C\C/C=C\C/C=C\CCCCCCCOCC(COC(=O)CCCCCC/C=C\C/C=C\C/C=C\C/C=C\CC)OC(=O)CCCCCCCCCCC. The van der Waals surface area contributed by atoms with Crippen molar-refractivity contribution < 1.29 is 23.8 Å². The predicted octanol–water partition coefficient (Wildman–Crippen LogP) is 16.7. The second-order valence-electron chi connectivity index (χ2n) is 16.0. The van der Waals surface area contributed by atoms with E-state index in [1.807, 2.05) is 0 Å². The Balaban J connectivity index is 4.29. The molecule has 5 heteroatoms. The van der Waals surface area contributed by atoms with Crippen LogP contribution in [0.3, 0.4) is 0 Å². The second-order valence-corrected chi connectivity index (χ2v) is 16.0. The number of carbonyl (C=O) groups is 2. The monoisotopic (exact) mass is 833 g/mol. The third kappa shape index (κ3) is 47.5. The smallest absolute Gasteiger partial charge is 0.306 e. The Hall–Kier alpha value is -3.18. The third-order valence-corrected chi connectivity index (χ3v) is 10.1. The standard InChI is InChI=1S/C55H92O5/c1-4-7-10-13-16-19-21-23-25-27-29-31-33-35-38-41-44-47-50-58-51-53(60-55(57)49-46-43-40-36-18-15-12-9-6-3)52-59-54(56)48-45-42-39-37-34-32-30-28-26-24-22-20-17-14-11-8-5-2/h7-8,10-11,16-17,19-20,23-26,29-32,53H,4-6,9,12-15,18,21-22,27-28,33-52H2,1-3H3/b10-7-,11-8-,19-16-,20-17-,25-23-,26-24-,31-29-,32-30-. The summed E-state index contributed by atoms with van der Waals surface area (Å²) in [5.74, 6) is -0.441. The van der Waals surface area contributed by atoms with E-state index < -0.39 is 6.10 Å². The van der Waals surface area contributed by atoms with E-state index in [1.165, 1.54) is 64.2 Å².